The number of hydrogen-bond acceptors (Lipinski definition) is 3. The molecule has 0 aliphatic carbocycles. The third-order valence-electron chi connectivity index (χ3n) is 5.46. The second-order valence-corrected chi connectivity index (χ2v) is 7.08. The maximum absolute atomic E-state index is 13.5. The quantitative estimate of drug-likeness (QED) is 0.712. The summed E-state index contributed by atoms with van der Waals surface area (Å²) >= 11 is 0. The Labute approximate surface area is 169 Å². The number of carbonyl (C=O) groups is 2. The van der Waals surface area contributed by atoms with Gasteiger partial charge in [-0.1, -0.05) is 42.5 Å². The molecule has 146 valence electrons. The van der Waals surface area contributed by atoms with Crippen LogP contribution in [0.2, 0.25) is 0 Å². The van der Waals surface area contributed by atoms with E-state index in [1.807, 2.05) is 31.2 Å². The van der Waals surface area contributed by atoms with Crippen molar-refractivity contribution in [2.24, 2.45) is 0 Å². The molecule has 0 saturated heterocycles. The summed E-state index contributed by atoms with van der Waals surface area (Å²) < 4.78 is 5.23. The fourth-order valence-electron chi connectivity index (χ4n) is 4.06. The largest absolute Gasteiger partial charge is 0.497 e. The molecule has 2 atom stereocenters. The Hall–Kier alpha value is -3.60. The molecule has 4 rings (SSSR count). The lowest BCUT2D eigenvalue weighted by molar-refractivity contribution is -0.139. The molecule has 0 saturated carbocycles. The summed E-state index contributed by atoms with van der Waals surface area (Å²) in [6.07, 6.45) is 0. The highest BCUT2D eigenvalue weighted by atomic mass is 16.5. The third-order valence-corrected chi connectivity index (χ3v) is 5.46. The van der Waals surface area contributed by atoms with Crippen molar-refractivity contribution in [3.05, 3.63) is 95.1 Å². The van der Waals surface area contributed by atoms with Gasteiger partial charge in [-0.05, 0) is 53.9 Å². The second kappa shape index (κ2) is 7.43. The molecule has 5 nitrogen and oxygen atoms in total. The number of hydrogen-bond donors (Lipinski definition) is 1. The zero-order valence-electron chi connectivity index (χ0n) is 16.2. The SMILES string of the molecule is COc1ccc(N2C(=O)c3ccccc3[C@@H](C(=O)O)[C@H]2c2ccccc2C)cc1. The van der Waals surface area contributed by atoms with E-state index in [4.69, 9.17) is 4.74 Å². The fourth-order valence-corrected chi connectivity index (χ4v) is 4.06. The molecule has 3 aromatic carbocycles. The second-order valence-electron chi connectivity index (χ2n) is 7.08. The van der Waals surface area contributed by atoms with Crippen molar-refractivity contribution in [1.82, 2.24) is 0 Å². The number of anilines is 1. The van der Waals surface area contributed by atoms with Gasteiger partial charge in [-0.25, -0.2) is 0 Å². The summed E-state index contributed by atoms with van der Waals surface area (Å²) in [5.74, 6) is -1.39. The van der Waals surface area contributed by atoms with Gasteiger partial charge in [0.25, 0.3) is 5.91 Å². The Morgan fingerprint density at radius 2 is 1.55 bits per heavy atom. The Bertz CT molecular complexity index is 1070. The first-order valence-electron chi connectivity index (χ1n) is 9.38. The molecule has 0 radical (unpaired) electrons. The lowest BCUT2D eigenvalue weighted by Crippen LogP contribution is -2.45. The van der Waals surface area contributed by atoms with E-state index >= 15 is 0 Å². The van der Waals surface area contributed by atoms with Gasteiger partial charge in [-0.15, -0.1) is 0 Å². The van der Waals surface area contributed by atoms with Crippen molar-refractivity contribution in [3.63, 3.8) is 0 Å². The lowest BCUT2D eigenvalue weighted by atomic mass is 9.78. The number of methoxy groups -OCH3 is 1. The van der Waals surface area contributed by atoms with Gasteiger partial charge in [-0.2, -0.15) is 0 Å². The Balaban J connectivity index is 1.98. The zero-order valence-corrected chi connectivity index (χ0v) is 16.2. The standard InChI is InChI=1S/C24H21NO4/c1-15-7-3-4-8-18(15)22-21(24(27)28)19-9-5-6-10-20(19)23(26)25(22)16-11-13-17(29-2)14-12-16/h3-14,21-22H,1-2H3,(H,27,28)/t21-,22-/m1/s1. The number of aryl methyl sites for hydroxylation is 1. The Morgan fingerprint density at radius 1 is 0.931 bits per heavy atom. The molecular formula is C24H21NO4. The van der Waals surface area contributed by atoms with Gasteiger partial charge in [0, 0.05) is 11.3 Å². The van der Waals surface area contributed by atoms with E-state index in [1.165, 1.54) is 0 Å². The molecule has 1 aliphatic rings. The van der Waals surface area contributed by atoms with E-state index in [2.05, 4.69) is 0 Å². The highest BCUT2D eigenvalue weighted by molar-refractivity contribution is 6.11. The highest BCUT2D eigenvalue weighted by Crippen LogP contribution is 2.45. The van der Waals surface area contributed by atoms with Crippen molar-refractivity contribution in [1.29, 1.82) is 0 Å². The summed E-state index contributed by atoms with van der Waals surface area (Å²) in [4.78, 5) is 27.6. The summed E-state index contributed by atoms with van der Waals surface area (Å²) in [5.41, 5.74) is 3.35. The van der Waals surface area contributed by atoms with Crippen LogP contribution >= 0.6 is 0 Å². The molecule has 1 heterocycles. The van der Waals surface area contributed by atoms with Crippen LogP contribution in [0.4, 0.5) is 5.69 Å². The monoisotopic (exact) mass is 387 g/mol. The van der Waals surface area contributed by atoms with E-state index in [0.29, 0.717) is 22.6 Å². The number of fused-ring (bicyclic) bond motifs is 1. The summed E-state index contributed by atoms with van der Waals surface area (Å²) in [6, 6.07) is 21.0. The van der Waals surface area contributed by atoms with Crippen molar-refractivity contribution in [2.75, 3.05) is 12.0 Å². The third kappa shape index (κ3) is 3.14. The van der Waals surface area contributed by atoms with Crippen LogP contribution in [0.1, 0.15) is 39.0 Å². The Kier molecular flexibility index (Phi) is 4.80. The van der Waals surface area contributed by atoms with Gasteiger partial charge in [0.2, 0.25) is 0 Å². The predicted octanol–water partition coefficient (Wildman–Crippen LogP) is 4.57. The molecule has 3 aromatic rings. The minimum absolute atomic E-state index is 0.212. The van der Waals surface area contributed by atoms with Crippen LogP contribution in [0.25, 0.3) is 0 Å². The number of nitrogens with zero attached hydrogens (tertiary/aromatic N) is 1. The van der Waals surface area contributed by atoms with Crippen LogP contribution in [0.15, 0.2) is 72.8 Å². The van der Waals surface area contributed by atoms with Crippen LogP contribution in [0, 0.1) is 6.92 Å². The number of benzene rings is 3. The van der Waals surface area contributed by atoms with E-state index < -0.39 is 17.9 Å². The molecular weight excluding hydrogens is 366 g/mol. The van der Waals surface area contributed by atoms with Gasteiger partial charge in [0.15, 0.2) is 0 Å². The maximum Gasteiger partial charge on any atom is 0.313 e. The van der Waals surface area contributed by atoms with Crippen molar-refractivity contribution >= 4 is 17.6 Å². The van der Waals surface area contributed by atoms with Gasteiger partial charge in [0.05, 0.1) is 13.2 Å². The van der Waals surface area contributed by atoms with E-state index in [9.17, 15) is 14.7 Å². The zero-order chi connectivity index (χ0) is 20.5. The minimum Gasteiger partial charge on any atom is -0.497 e. The topological polar surface area (TPSA) is 66.8 Å². The number of carboxylic acid groups (broad SMARTS) is 1. The Morgan fingerprint density at radius 3 is 2.17 bits per heavy atom. The number of carboxylic acids is 1. The van der Waals surface area contributed by atoms with Crippen LogP contribution in [-0.4, -0.2) is 24.1 Å². The molecule has 0 bridgehead atoms. The first kappa shape index (κ1) is 18.7. The number of aliphatic carboxylic acids is 1. The minimum atomic E-state index is -0.961. The van der Waals surface area contributed by atoms with Crippen LogP contribution < -0.4 is 9.64 Å². The number of rotatable bonds is 4. The molecule has 29 heavy (non-hydrogen) atoms. The van der Waals surface area contributed by atoms with E-state index in [1.54, 1.807) is 60.5 Å². The normalized spacial score (nSPS) is 18.3. The first-order chi connectivity index (χ1) is 14.0. The van der Waals surface area contributed by atoms with Gasteiger partial charge in [0.1, 0.15) is 11.7 Å². The molecule has 0 aromatic heterocycles. The van der Waals surface area contributed by atoms with Crippen LogP contribution in [-0.2, 0) is 4.79 Å². The molecule has 0 unspecified atom stereocenters. The average Bonchev–Trinajstić information content (AvgIpc) is 2.74. The van der Waals surface area contributed by atoms with Crippen LogP contribution in [0.3, 0.4) is 0 Å². The predicted molar refractivity (Wildman–Crippen MR) is 111 cm³/mol. The van der Waals surface area contributed by atoms with Crippen LogP contribution in [0.5, 0.6) is 5.75 Å². The van der Waals surface area contributed by atoms with Gasteiger partial charge in [-0.3, -0.25) is 14.5 Å². The summed E-state index contributed by atoms with van der Waals surface area (Å²) in [5, 5.41) is 10.2. The molecule has 0 spiro atoms. The highest BCUT2D eigenvalue weighted by Gasteiger charge is 2.45. The number of amides is 1. The van der Waals surface area contributed by atoms with Crippen molar-refractivity contribution in [3.8, 4) is 5.75 Å². The average molecular weight is 387 g/mol. The molecule has 1 amide bonds. The molecule has 1 N–H and O–H groups in total. The fraction of sp³-hybridized carbons (Fsp3) is 0.167. The first-order valence-corrected chi connectivity index (χ1v) is 9.38. The summed E-state index contributed by atoms with van der Waals surface area (Å²) in [7, 11) is 1.58. The molecule has 0 fully saturated rings. The van der Waals surface area contributed by atoms with Crippen molar-refractivity contribution < 1.29 is 19.4 Å². The van der Waals surface area contributed by atoms with E-state index in [-0.39, 0.29) is 5.91 Å². The smallest absolute Gasteiger partial charge is 0.313 e. The van der Waals surface area contributed by atoms with Crippen molar-refractivity contribution in [2.45, 2.75) is 18.9 Å². The summed E-state index contributed by atoms with van der Waals surface area (Å²) in [6.45, 7) is 1.94. The van der Waals surface area contributed by atoms with E-state index in [0.717, 1.165) is 11.1 Å². The van der Waals surface area contributed by atoms with Gasteiger partial charge >= 0.3 is 5.97 Å². The molecule has 5 heteroatoms. The maximum atomic E-state index is 13.5. The number of ether oxygens (including phenoxy) is 1. The lowest BCUT2D eigenvalue weighted by Gasteiger charge is -2.41. The molecule has 1 aliphatic heterocycles. The van der Waals surface area contributed by atoms with Gasteiger partial charge < -0.3 is 9.84 Å². The number of carbonyl (C=O) groups excluding carboxylic acids is 1.